The number of Topliss-reactive ketones (excluding diaryl/α,β-unsaturated/α-hetero) is 2. The molecule has 0 saturated carbocycles. The first-order chi connectivity index (χ1) is 12.8. The van der Waals surface area contributed by atoms with Crippen LogP contribution in [-0.2, 0) is 14.3 Å². The summed E-state index contributed by atoms with van der Waals surface area (Å²) in [7, 11) is 0. The molecule has 1 fully saturated rings. The zero-order valence-electron chi connectivity index (χ0n) is 16.5. The lowest BCUT2D eigenvalue weighted by Gasteiger charge is -2.35. The summed E-state index contributed by atoms with van der Waals surface area (Å²) < 4.78 is 5.69. The van der Waals surface area contributed by atoms with Gasteiger partial charge in [-0.25, -0.2) is 0 Å². The van der Waals surface area contributed by atoms with E-state index in [0.29, 0.717) is 11.4 Å². The summed E-state index contributed by atoms with van der Waals surface area (Å²) in [5, 5.41) is 2.87. The van der Waals surface area contributed by atoms with Crippen LogP contribution in [0.2, 0.25) is 0 Å². The summed E-state index contributed by atoms with van der Waals surface area (Å²) in [5.41, 5.74) is 0. The van der Waals surface area contributed by atoms with Crippen molar-refractivity contribution in [2.45, 2.75) is 58.7 Å². The topological polar surface area (TPSA) is 75.7 Å². The molecule has 1 aromatic rings. The third-order valence-corrected chi connectivity index (χ3v) is 5.56. The molecule has 0 bridgehead atoms. The van der Waals surface area contributed by atoms with Gasteiger partial charge in [0.15, 0.2) is 5.78 Å². The Kier molecular flexibility index (Phi) is 8.60. The number of rotatable bonds is 10. The Morgan fingerprint density at radius 1 is 1.11 bits per heavy atom. The second-order valence-electron chi connectivity index (χ2n) is 7.24. The number of carbonyl (C=O) groups is 3. The van der Waals surface area contributed by atoms with Gasteiger partial charge in [-0.3, -0.25) is 19.3 Å². The smallest absolute Gasteiger partial charge is 0.220 e. The minimum atomic E-state index is -0.113. The Hall–Kier alpha value is -1.57. The normalized spacial score (nSPS) is 20.4. The highest BCUT2D eigenvalue weighted by molar-refractivity contribution is 7.14. The van der Waals surface area contributed by atoms with Gasteiger partial charge in [-0.15, -0.1) is 11.3 Å². The number of nitrogens with one attached hydrogen (secondary N) is 1. The van der Waals surface area contributed by atoms with E-state index in [1.54, 1.807) is 6.07 Å². The van der Waals surface area contributed by atoms with Gasteiger partial charge in [0.05, 0.1) is 17.1 Å². The average molecular weight is 395 g/mol. The van der Waals surface area contributed by atoms with Gasteiger partial charge in [0.25, 0.3) is 0 Å². The summed E-state index contributed by atoms with van der Waals surface area (Å²) in [4.78, 5) is 39.9. The third kappa shape index (κ3) is 7.91. The van der Waals surface area contributed by atoms with Crippen LogP contribution in [0, 0.1) is 6.92 Å². The van der Waals surface area contributed by atoms with Crippen molar-refractivity contribution in [2.24, 2.45) is 0 Å². The fourth-order valence-corrected chi connectivity index (χ4v) is 4.08. The number of ketones is 2. The number of hydrogen-bond acceptors (Lipinski definition) is 6. The van der Waals surface area contributed by atoms with E-state index in [4.69, 9.17) is 4.74 Å². The zero-order valence-corrected chi connectivity index (χ0v) is 17.3. The maximum Gasteiger partial charge on any atom is 0.220 e. The number of nitrogens with zero attached hydrogens (tertiary/aromatic N) is 1. The van der Waals surface area contributed by atoms with Crippen LogP contribution in [0.25, 0.3) is 0 Å². The second kappa shape index (κ2) is 10.7. The van der Waals surface area contributed by atoms with Crippen LogP contribution in [0.3, 0.4) is 0 Å². The van der Waals surface area contributed by atoms with E-state index in [1.807, 2.05) is 13.0 Å². The highest BCUT2D eigenvalue weighted by Gasteiger charge is 2.21. The standard InChI is InChI=1S/C20H30N2O4S/c1-14-12-22(13-15(2)26-14)11-10-21-20(25)9-6-17(23)5-7-18(24)19-8-4-16(3)27-19/h4,8,14-15H,5-7,9-13H2,1-3H3,(H,21,25). The molecule has 0 radical (unpaired) electrons. The zero-order chi connectivity index (χ0) is 19.8. The molecule has 1 aromatic heterocycles. The second-order valence-corrected chi connectivity index (χ2v) is 8.53. The monoisotopic (exact) mass is 394 g/mol. The maximum atomic E-state index is 12.0. The van der Waals surface area contributed by atoms with Crippen LogP contribution in [0.4, 0.5) is 0 Å². The van der Waals surface area contributed by atoms with Crippen molar-refractivity contribution in [3.05, 3.63) is 21.9 Å². The Labute approximate surface area is 165 Å². The van der Waals surface area contributed by atoms with Crippen LogP contribution in [0.5, 0.6) is 0 Å². The molecule has 2 rings (SSSR count). The molecule has 2 unspecified atom stereocenters. The number of amides is 1. The van der Waals surface area contributed by atoms with E-state index in [2.05, 4.69) is 24.1 Å². The minimum absolute atomic E-state index is 0.000121. The van der Waals surface area contributed by atoms with Crippen LogP contribution < -0.4 is 5.32 Å². The van der Waals surface area contributed by atoms with Gasteiger partial charge >= 0.3 is 0 Å². The number of ether oxygens (including phenoxy) is 1. The molecule has 7 heteroatoms. The summed E-state index contributed by atoms with van der Waals surface area (Å²) in [6, 6.07) is 3.71. The van der Waals surface area contributed by atoms with Gasteiger partial charge in [-0.05, 0) is 32.9 Å². The van der Waals surface area contributed by atoms with Gasteiger partial charge in [0, 0.05) is 56.7 Å². The fraction of sp³-hybridized carbons (Fsp3) is 0.650. The summed E-state index contributed by atoms with van der Waals surface area (Å²) in [6.45, 7) is 9.15. The number of morpholine rings is 1. The quantitative estimate of drug-likeness (QED) is 0.618. The largest absolute Gasteiger partial charge is 0.373 e. The van der Waals surface area contributed by atoms with Crippen molar-refractivity contribution < 1.29 is 19.1 Å². The van der Waals surface area contributed by atoms with E-state index in [9.17, 15) is 14.4 Å². The van der Waals surface area contributed by atoms with Crippen molar-refractivity contribution in [1.29, 1.82) is 0 Å². The average Bonchev–Trinajstić information content (AvgIpc) is 3.03. The van der Waals surface area contributed by atoms with Crippen LogP contribution in [0.1, 0.15) is 54.1 Å². The first-order valence-electron chi connectivity index (χ1n) is 9.59. The van der Waals surface area contributed by atoms with Crippen molar-refractivity contribution in [3.63, 3.8) is 0 Å². The summed E-state index contributed by atoms with van der Waals surface area (Å²) in [6.07, 6.45) is 1.21. The molecule has 27 heavy (non-hydrogen) atoms. The molecule has 150 valence electrons. The first kappa shape index (κ1) is 21.7. The molecule has 2 heterocycles. The lowest BCUT2D eigenvalue weighted by atomic mass is 10.1. The molecule has 0 aliphatic carbocycles. The molecule has 0 aromatic carbocycles. The van der Waals surface area contributed by atoms with Crippen molar-refractivity contribution in [1.82, 2.24) is 10.2 Å². The predicted molar refractivity (Wildman–Crippen MR) is 106 cm³/mol. The van der Waals surface area contributed by atoms with Gasteiger partial charge in [0.2, 0.25) is 5.91 Å². The van der Waals surface area contributed by atoms with Gasteiger partial charge in [-0.1, -0.05) is 0 Å². The molecule has 2 atom stereocenters. The van der Waals surface area contributed by atoms with Crippen LogP contribution in [0.15, 0.2) is 12.1 Å². The lowest BCUT2D eigenvalue weighted by molar-refractivity contribution is -0.125. The van der Waals surface area contributed by atoms with Crippen molar-refractivity contribution in [3.8, 4) is 0 Å². The first-order valence-corrected chi connectivity index (χ1v) is 10.4. The lowest BCUT2D eigenvalue weighted by Crippen LogP contribution is -2.47. The summed E-state index contributed by atoms with van der Waals surface area (Å²) >= 11 is 1.45. The SMILES string of the molecule is Cc1ccc(C(=O)CCC(=O)CCC(=O)NCCN2CC(C)OC(C)C2)s1. The number of aryl methyl sites for hydroxylation is 1. The Morgan fingerprint density at radius 3 is 2.41 bits per heavy atom. The molecule has 1 N–H and O–H groups in total. The van der Waals surface area contributed by atoms with Gasteiger partial charge < -0.3 is 10.1 Å². The Morgan fingerprint density at radius 2 is 1.78 bits per heavy atom. The number of hydrogen-bond donors (Lipinski definition) is 1. The number of thiophene rings is 1. The van der Waals surface area contributed by atoms with E-state index >= 15 is 0 Å². The molecule has 1 saturated heterocycles. The van der Waals surface area contributed by atoms with E-state index in [0.717, 1.165) is 24.5 Å². The molecule has 6 nitrogen and oxygen atoms in total. The summed E-state index contributed by atoms with van der Waals surface area (Å²) in [5.74, 6) is -0.152. The molecular weight excluding hydrogens is 364 g/mol. The molecule has 0 spiro atoms. The third-order valence-electron chi connectivity index (χ3n) is 4.52. The van der Waals surface area contributed by atoms with Gasteiger partial charge in [0.1, 0.15) is 5.78 Å². The maximum absolute atomic E-state index is 12.0. The Balaban J connectivity index is 1.56. The highest BCUT2D eigenvalue weighted by Crippen LogP contribution is 2.17. The number of carbonyl (C=O) groups excluding carboxylic acids is 3. The molecule has 1 aliphatic heterocycles. The van der Waals surface area contributed by atoms with Crippen molar-refractivity contribution in [2.75, 3.05) is 26.2 Å². The minimum Gasteiger partial charge on any atom is -0.373 e. The van der Waals surface area contributed by atoms with Gasteiger partial charge in [-0.2, -0.15) is 0 Å². The highest BCUT2D eigenvalue weighted by atomic mass is 32.1. The predicted octanol–water partition coefficient (Wildman–Crippen LogP) is 2.59. The molecule has 1 amide bonds. The molecule has 1 aliphatic rings. The Bertz CT molecular complexity index is 648. The fourth-order valence-electron chi connectivity index (χ4n) is 3.25. The van der Waals surface area contributed by atoms with Crippen LogP contribution >= 0.6 is 11.3 Å². The van der Waals surface area contributed by atoms with E-state index in [1.165, 1.54) is 11.3 Å². The van der Waals surface area contributed by atoms with E-state index < -0.39 is 0 Å². The van der Waals surface area contributed by atoms with Crippen molar-refractivity contribution >= 4 is 28.8 Å². The molecular formula is C20H30N2O4S. The van der Waals surface area contributed by atoms with E-state index in [-0.39, 0.29) is 55.4 Å². The van der Waals surface area contributed by atoms with Crippen LogP contribution in [-0.4, -0.2) is 60.8 Å².